The Morgan fingerprint density at radius 1 is 1.15 bits per heavy atom. The number of fused-ring (bicyclic) bond motifs is 1. The van der Waals surface area contributed by atoms with Gasteiger partial charge in [-0.05, 0) is 62.9 Å². The number of pyridine rings is 1. The van der Waals surface area contributed by atoms with E-state index in [0.717, 1.165) is 29.3 Å². The zero-order valence-electron chi connectivity index (χ0n) is 23.3. The molecule has 216 valence electrons. The number of aromatic nitrogens is 1. The molecule has 2 aliphatic rings. The van der Waals surface area contributed by atoms with Gasteiger partial charge in [-0.1, -0.05) is 13.8 Å². The quantitative estimate of drug-likeness (QED) is 0.338. The molecular weight excluding hydrogens is 534 g/mol. The number of nitrogens with one attached hydrogen (secondary N) is 1. The van der Waals surface area contributed by atoms with E-state index in [9.17, 15) is 28.0 Å². The number of rotatable bonds is 10. The number of sulfonamides is 1. The summed E-state index contributed by atoms with van der Waals surface area (Å²) in [5.41, 5.74) is 1.42. The number of hydrogen-bond donors (Lipinski definition) is 1. The molecule has 0 aliphatic carbocycles. The van der Waals surface area contributed by atoms with Gasteiger partial charge in [0.05, 0.1) is 12.6 Å². The fraction of sp³-hybridized carbons (Fsp3) is 0.500. The predicted octanol–water partition coefficient (Wildman–Crippen LogP) is 1.55. The Hall–Kier alpha value is -3.51. The third-order valence-corrected chi connectivity index (χ3v) is 9.44. The second-order valence-electron chi connectivity index (χ2n) is 10.6. The zero-order chi connectivity index (χ0) is 29.2. The minimum atomic E-state index is -4.12. The highest BCUT2D eigenvalue weighted by Gasteiger charge is 2.54. The second kappa shape index (κ2) is 11.9. The highest BCUT2D eigenvalue weighted by Crippen LogP contribution is 2.34. The van der Waals surface area contributed by atoms with Crippen LogP contribution in [0.15, 0.2) is 53.7 Å². The minimum Gasteiger partial charge on any atom is -0.619 e. The summed E-state index contributed by atoms with van der Waals surface area (Å²) in [5.74, 6) is -1.10. The second-order valence-corrected chi connectivity index (χ2v) is 12.5. The Morgan fingerprint density at radius 2 is 1.82 bits per heavy atom. The van der Waals surface area contributed by atoms with Gasteiger partial charge in [0, 0.05) is 37.0 Å². The van der Waals surface area contributed by atoms with Crippen molar-refractivity contribution in [2.45, 2.75) is 63.6 Å². The molecule has 2 fully saturated rings. The Labute approximate surface area is 235 Å². The molecule has 3 heterocycles. The van der Waals surface area contributed by atoms with E-state index in [0.29, 0.717) is 16.7 Å². The number of amides is 2. The molecule has 40 heavy (non-hydrogen) atoms. The van der Waals surface area contributed by atoms with Gasteiger partial charge in [0.1, 0.15) is 17.0 Å². The van der Waals surface area contributed by atoms with Gasteiger partial charge >= 0.3 is 0 Å². The monoisotopic (exact) mass is 571 g/mol. The molecule has 11 nitrogen and oxygen atoms in total. The molecule has 12 heteroatoms. The molecule has 4 rings (SSSR count). The number of Topliss-reactive ketones (excluding diaryl/α,β-unsaturated/α-hetero) is 1. The van der Waals surface area contributed by atoms with Crippen LogP contribution in [-0.4, -0.2) is 79.5 Å². The van der Waals surface area contributed by atoms with Crippen molar-refractivity contribution in [2.24, 2.45) is 5.92 Å². The van der Waals surface area contributed by atoms with Gasteiger partial charge in [-0.15, -0.1) is 0 Å². The summed E-state index contributed by atoms with van der Waals surface area (Å²) in [5, 5.41) is 14.6. The van der Waals surface area contributed by atoms with E-state index in [-0.39, 0.29) is 36.1 Å². The van der Waals surface area contributed by atoms with E-state index >= 15 is 0 Å². The fourth-order valence-electron chi connectivity index (χ4n) is 5.61. The van der Waals surface area contributed by atoms with Crippen LogP contribution in [0.3, 0.4) is 0 Å². The highest BCUT2D eigenvalue weighted by molar-refractivity contribution is 7.89. The lowest BCUT2D eigenvalue weighted by molar-refractivity contribution is -0.607. The molecular formula is C28H37N5O6S. The molecule has 0 bridgehead atoms. The van der Waals surface area contributed by atoms with E-state index in [2.05, 4.69) is 24.1 Å². The molecule has 2 amide bonds. The van der Waals surface area contributed by atoms with Crippen LogP contribution in [0.1, 0.15) is 50.9 Å². The maximum absolute atomic E-state index is 13.8. The van der Waals surface area contributed by atoms with Crippen LogP contribution in [-0.2, 0) is 19.6 Å². The normalized spacial score (nSPS) is 20.0. The van der Waals surface area contributed by atoms with Crippen LogP contribution in [0.5, 0.6) is 0 Å². The molecule has 0 radical (unpaired) electrons. The van der Waals surface area contributed by atoms with Crippen LogP contribution >= 0.6 is 0 Å². The molecule has 0 saturated carbocycles. The first kappa shape index (κ1) is 29.5. The Bertz CT molecular complexity index is 1360. The Morgan fingerprint density at radius 3 is 2.42 bits per heavy atom. The van der Waals surface area contributed by atoms with Crippen molar-refractivity contribution in [3.63, 3.8) is 0 Å². The fourth-order valence-corrected chi connectivity index (χ4v) is 7.24. The number of carbonyl (C=O) groups is 3. The number of anilines is 1. The van der Waals surface area contributed by atoms with Crippen molar-refractivity contribution in [2.75, 3.05) is 31.1 Å². The molecule has 1 aromatic heterocycles. The molecule has 3 unspecified atom stereocenters. The number of nitrogens with zero attached hydrogens (tertiary/aromatic N) is 4. The summed E-state index contributed by atoms with van der Waals surface area (Å²) < 4.78 is 28.1. The van der Waals surface area contributed by atoms with Crippen LogP contribution in [0.4, 0.5) is 5.69 Å². The average molecular weight is 572 g/mol. The minimum absolute atomic E-state index is 0.0747. The van der Waals surface area contributed by atoms with Gasteiger partial charge in [0.2, 0.25) is 15.9 Å². The van der Waals surface area contributed by atoms with E-state index < -0.39 is 40.0 Å². The number of ketones is 1. The summed E-state index contributed by atoms with van der Waals surface area (Å²) >= 11 is 0. The average Bonchev–Trinajstić information content (AvgIpc) is 3.50. The van der Waals surface area contributed by atoms with Gasteiger partial charge in [-0.3, -0.25) is 14.4 Å². The molecule has 1 aromatic carbocycles. The molecule has 2 saturated heterocycles. The van der Waals surface area contributed by atoms with Gasteiger partial charge in [0.25, 0.3) is 5.91 Å². The SMILES string of the molecule is CCN(CC)c1ccc(C(=O)NC(CC(C)C)C(=O)N2CCC3C2C(=O)CN3S(=O)(=O)c2ccc[n+]([O-])c2)cc1. The van der Waals surface area contributed by atoms with Gasteiger partial charge in [-0.2, -0.15) is 9.04 Å². The van der Waals surface area contributed by atoms with E-state index in [1.165, 1.54) is 23.2 Å². The zero-order valence-corrected chi connectivity index (χ0v) is 24.1. The van der Waals surface area contributed by atoms with Crippen LogP contribution in [0.2, 0.25) is 0 Å². The van der Waals surface area contributed by atoms with Crippen molar-refractivity contribution in [1.29, 1.82) is 0 Å². The maximum Gasteiger partial charge on any atom is 0.251 e. The van der Waals surface area contributed by atoms with Gasteiger partial charge in [-0.25, -0.2) is 8.42 Å². The topological polar surface area (TPSA) is 134 Å². The largest absolute Gasteiger partial charge is 0.619 e. The van der Waals surface area contributed by atoms with Crippen molar-refractivity contribution >= 4 is 33.3 Å². The smallest absolute Gasteiger partial charge is 0.251 e. The third kappa shape index (κ3) is 5.83. The van der Waals surface area contributed by atoms with Crippen molar-refractivity contribution in [3.8, 4) is 0 Å². The maximum atomic E-state index is 13.8. The van der Waals surface area contributed by atoms with E-state index in [1.54, 1.807) is 12.1 Å². The van der Waals surface area contributed by atoms with Crippen molar-refractivity contribution in [3.05, 3.63) is 59.6 Å². The summed E-state index contributed by atoms with van der Waals surface area (Å²) in [7, 11) is -4.12. The highest BCUT2D eigenvalue weighted by atomic mass is 32.2. The number of carbonyl (C=O) groups excluding carboxylic acids is 3. The number of likely N-dealkylation sites (tertiary alicyclic amines) is 1. The van der Waals surface area contributed by atoms with Crippen molar-refractivity contribution < 1.29 is 27.5 Å². The number of benzene rings is 1. The predicted molar refractivity (Wildman–Crippen MR) is 149 cm³/mol. The third-order valence-electron chi connectivity index (χ3n) is 7.58. The van der Waals surface area contributed by atoms with E-state index in [4.69, 9.17) is 0 Å². The van der Waals surface area contributed by atoms with Gasteiger partial charge in [0.15, 0.2) is 18.2 Å². The molecule has 3 atom stereocenters. The summed E-state index contributed by atoms with van der Waals surface area (Å²) in [6, 6.07) is 7.29. The summed E-state index contributed by atoms with van der Waals surface area (Å²) in [6.45, 7) is 9.48. The van der Waals surface area contributed by atoms with Crippen LogP contribution < -0.4 is 14.9 Å². The molecule has 0 spiro atoms. The molecule has 2 aromatic rings. The lowest BCUT2D eigenvalue weighted by Crippen LogP contribution is -2.53. The molecule has 1 N–H and O–H groups in total. The first-order valence-electron chi connectivity index (χ1n) is 13.7. The number of hydrogen-bond acceptors (Lipinski definition) is 7. The van der Waals surface area contributed by atoms with Crippen LogP contribution in [0, 0.1) is 11.1 Å². The lowest BCUT2D eigenvalue weighted by atomic mass is 10.0. The Kier molecular flexibility index (Phi) is 8.79. The first-order valence-corrected chi connectivity index (χ1v) is 15.1. The van der Waals surface area contributed by atoms with Crippen molar-refractivity contribution in [1.82, 2.24) is 14.5 Å². The van der Waals surface area contributed by atoms with E-state index in [1.807, 2.05) is 26.0 Å². The standard InChI is InChI=1S/C28H37N5O6S/c1-5-30(6-2)21-11-9-20(10-12-21)27(35)29-23(16-19(3)4)28(36)32-15-13-24-26(32)25(34)18-33(24)40(38,39)22-8-7-14-31(37)17-22/h7-12,14,17,19,23-24,26H,5-6,13,15-16,18H2,1-4H3,(H,29,35). The first-order chi connectivity index (χ1) is 19.0. The Balaban J connectivity index is 1.52. The van der Waals surface area contributed by atoms with Gasteiger partial charge < -0.3 is 20.3 Å². The van der Waals surface area contributed by atoms with Crippen LogP contribution in [0.25, 0.3) is 0 Å². The summed E-state index contributed by atoms with van der Waals surface area (Å²) in [4.78, 5) is 43.4. The lowest BCUT2D eigenvalue weighted by Gasteiger charge is -2.29. The summed E-state index contributed by atoms with van der Waals surface area (Å²) in [6.07, 6.45) is 2.77. The molecule has 2 aliphatic heterocycles.